The maximum Gasteiger partial charge on any atom is 0.266 e. The van der Waals surface area contributed by atoms with Gasteiger partial charge in [-0.1, -0.05) is 6.07 Å². The Labute approximate surface area is 119 Å². The summed E-state index contributed by atoms with van der Waals surface area (Å²) in [5, 5.41) is 4.37. The van der Waals surface area contributed by atoms with Crippen molar-refractivity contribution in [1.82, 2.24) is 19.7 Å². The van der Waals surface area contributed by atoms with Crippen molar-refractivity contribution in [3.8, 4) is 11.4 Å². The number of rotatable bonds is 4. The summed E-state index contributed by atoms with van der Waals surface area (Å²) >= 11 is 1.58. The number of thiazole rings is 1. The van der Waals surface area contributed by atoms with Gasteiger partial charge in [0.2, 0.25) is 0 Å². The van der Waals surface area contributed by atoms with Crippen LogP contribution in [0.2, 0.25) is 0 Å². The van der Waals surface area contributed by atoms with Gasteiger partial charge in [0.1, 0.15) is 5.69 Å². The van der Waals surface area contributed by atoms with Crippen LogP contribution in [-0.2, 0) is 13.0 Å². The summed E-state index contributed by atoms with van der Waals surface area (Å²) in [6.45, 7) is 0.543. The maximum absolute atomic E-state index is 11.8. The molecular weight excluding hydrogens is 272 g/mol. The third-order valence-electron chi connectivity index (χ3n) is 2.85. The van der Waals surface area contributed by atoms with Crippen LogP contribution >= 0.6 is 11.3 Å². The van der Waals surface area contributed by atoms with Crippen molar-refractivity contribution in [2.75, 3.05) is 0 Å². The molecule has 6 heteroatoms. The fourth-order valence-electron chi connectivity index (χ4n) is 1.84. The Kier molecular flexibility index (Phi) is 3.64. The average molecular weight is 284 g/mol. The molecule has 0 atom stereocenters. The van der Waals surface area contributed by atoms with Crippen LogP contribution in [0, 0.1) is 0 Å². The molecule has 0 saturated heterocycles. The Hall–Kier alpha value is -2.34. The predicted molar refractivity (Wildman–Crippen MR) is 77.5 cm³/mol. The zero-order chi connectivity index (χ0) is 13.8. The van der Waals surface area contributed by atoms with Crippen molar-refractivity contribution in [1.29, 1.82) is 0 Å². The average Bonchev–Trinajstić information content (AvgIpc) is 3.01. The van der Waals surface area contributed by atoms with Gasteiger partial charge in [-0.3, -0.25) is 14.8 Å². The molecule has 0 unspecified atom stereocenters. The van der Waals surface area contributed by atoms with Gasteiger partial charge in [-0.25, -0.2) is 4.68 Å². The Bertz CT molecular complexity index is 737. The highest BCUT2D eigenvalue weighted by Gasteiger charge is 2.04. The van der Waals surface area contributed by atoms with Gasteiger partial charge in [0.05, 0.1) is 11.2 Å². The molecule has 0 N–H and O–H groups in total. The topological polar surface area (TPSA) is 60.7 Å². The molecule has 20 heavy (non-hydrogen) atoms. The molecule has 0 aliphatic heterocycles. The van der Waals surface area contributed by atoms with Crippen LogP contribution in [-0.4, -0.2) is 19.7 Å². The molecule has 0 amide bonds. The molecule has 0 aliphatic carbocycles. The lowest BCUT2D eigenvalue weighted by molar-refractivity contribution is 0.583. The molecule has 3 rings (SSSR count). The van der Waals surface area contributed by atoms with Gasteiger partial charge in [-0.15, -0.1) is 11.3 Å². The van der Waals surface area contributed by atoms with Crippen LogP contribution in [0.3, 0.4) is 0 Å². The highest BCUT2D eigenvalue weighted by molar-refractivity contribution is 7.09. The lowest BCUT2D eigenvalue weighted by Gasteiger charge is -2.05. The van der Waals surface area contributed by atoms with E-state index in [4.69, 9.17) is 0 Å². The van der Waals surface area contributed by atoms with E-state index in [0.29, 0.717) is 12.2 Å². The van der Waals surface area contributed by atoms with Gasteiger partial charge in [-0.05, 0) is 18.2 Å². The summed E-state index contributed by atoms with van der Waals surface area (Å²) in [6.07, 6.45) is 4.28. The van der Waals surface area contributed by atoms with Crippen molar-refractivity contribution in [2.45, 2.75) is 13.0 Å². The third-order valence-corrected chi connectivity index (χ3v) is 3.69. The summed E-state index contributed by atoms with van der Waals surface area (Å²) in [7, 11) is 0. The summed E-state index contributed by atoms with van der Waals surface area (Å²) in [4.78, 5) is 21.2. The van der Waals surface area contributed by atoms with E-state index in [-0.39, 0.29) is 5.56 Å². The van der Waals surface area contributed by atoms with Gasteiger partial charge in [0.15, 0.2) is 0 Å². The normalized spacial score (nSPS) is 10.6. The van der Waals surface area contributed by atoms with E-state index >= 15 is 0 Å². The molecule has 0 spiro atoms. The number of hydrogen-bond donors (Lipinski definition) is 0. The molecule has 100 valence electrons. The minimum Gasteiger partial charge on any atom is -0.268 e. The Morgan fingerprint density at radius 3 is 2.85 bits per heavy atom. The minimum absolute atomic E-state index is 0.103. The van der Waals surface area contributed by atoms with E-state index in [2.05, 4.69) is 15.1 Å². The molecule has 3 aromatic heterocycles. The van der Waals surface area contributed by atoms with Crippen molar-refractivity contribution >= 4 is 11.3 Å². The first-order valence-corrected chi connectivity index (χ1v) is 7.08. The fourth-order valence-corrected chi connectivity index (χ4v) is 2.43. The SMILES string of the molecule is O=c1ccc(-c2ccccn2)nn1CCc1cncs1. The maximum atomic E-state index is 11.8. The number of nitrogens with zero attached hydrogens (tertiary/aromatic N) is 4. The van der Waals surface area contributed by atoms with Crippen molar-refractivity contribution in [3.63, 3.8) is 0 Å². The van der Waals surface area contributed by atoms with Gasteiger partial charge in [0, 0.05) is 36.3 Å². The lowest BCUT2D eigenvalue weighted by Crippen LogP contribution is -2.23. The van der Waals surface area contributed by atoms with Crippen LogP contribution in [0.25, 0.3) is 11.4 Å². The van der Waals surface area contributed by atoms with Crippen molar-refractivity contribution in [3.05, 3.63) is 63.5 Å². The standard InChI is InChI=1S/C14H12N4OS/c19-14-5-4-13(12-3-1-2-7-16-12)17-18(14)8-6-11-9-15-10-20-11/h1-5,7,9-10H,6,8H2. The monoisotopic (exact) mass is 284 g/mol. The van der Waals surface area contributed by atoms with E-state index < -0.39 is 0 Å². The predicted octanol–water partition coefficient (Wildman–Crippen LogP) is 2.00. The number of aryl methyl sites for hydroxylation is 2. The highest BCUT2D eigenvalue weighted by Crippen LogP contribution is 2.11. The smallest absolute Gasteiger partial charge is 0.266 e. The lowest BCUT2D eigenvalue weighted by atomic mass is 10.2. The third kappa shape index (κ3) is 2.80. The first kappa shape index (κ1) is 12.7. The van der Waals surface area contributed by atoms with Crippen LogP contribution in [0.15, 0.2) is 53.0 Å². The molecule has 0 saturated carbocycles. The zero-order valence-corrected chi connectivity index (χ0v) is 11.5. The molecule has 3 aromatic rings. The molecule has 0 aromatic carbocycles. The first-order valence-electron chi connectivity index (χ1n) is 6.20. The first-order chi connectivity index (χ1) is 9.83. The van der Waals surface area contributed by atoms with Gasteiger partial charge in [0.25, 0.3) is 5.56 Å². The second kappa shape index (κ2) is 5.75. The zero-order valence-electron chi connectivity index (χ0n) is 10.6. The van der Waals surface area contributed by atoms with E-state index in [1.165, 1.54) is 10.7 Å². The Morgan fingerprint density at radius 2 is 2.10 bits per heavy atom. The van der Waals surface area contributed by atoms with E-state index in [1.54, 1.807) is 29.1 Å². The van der Waals surface area contributed by atoms with E-state index in [0.717, 1.165) is 17.0 Å². The molecular formula is C14H12N4OS. The van der Waals surface area contributed by atoms with Crippen LogP contribution in [0.4, 0.5) is 0 Å². The summed E-state index contributed by atoms with van der Waals surface area (Å²) in [6, 6.07) is 8.86. The van der Waals surface area contributed by atoms with Crippen LogP contribution in [0.1, 0.15) is 4.88 Å². The molecule has 0 bridgehead atoms. The number of hydrogen-bond acceptors (Lipinski definition) is 5. The fraction of sp³-hybridized carbons (Fsp3) is 0.143. The van der Waals surface area contributed by atoms with E-state index in [9.17, 15) is 4.79 Å². The molecule has 0 fully saturated rings. The second-order valence-electron chi connectivity index (χ2n) is 4.21. The Balaban J connectivity index is 1.85. The van der Waals surface area contributed by atoms with Gasteiger partial charge < -0.3 is 0 Å². The van der Waals surface area contributed by atoms with E-state index in [1.807, 2.05) is 24.4 Å². The van der Waals surface area contributed by atoms with Crippen LogP contribution in [0.5, 0.6) is 0 Å². The largest absolute Gasteiger partial charge is 0.268 e. The minimum atomic E-state index is -0.103. The summed E-state index contributed by atoms with van der Waals surface area (Å²) in [5.74, 6) is 0. The van der Waals surface area contributed by atoms with Gasteiger partial charge >= 0.3 is 0 Å². The van der Waals surface area contributed by atoms with Crippen molar-refractivity contribution in [2.24, 2.45) is 0 Å². The Morgan fingerprint density at radius 1 is 1.15 bits per heavy atom. The van der Waals surface area contributed by atoms with Gasteiger partial charge in [-0.2, -0.15) is 5.10 Å². The quantitative estimate of drug-likeness (QED) is 0.735. The molecule has 0 aliphatic rings. The number of aromatic nitrogens is 4. The second-order valence-corrected chi connectivity index (χ2v) is 5.18. The summed E-state index contributed by atoms with van der Waals surface area (Å²) in [5.41, 5.74) is 3.15. The van der Waals surface area contributed by atoms with Crippen molar-refractivity contribution < 1.29 is 0 Å². The summed E-state index contributed by atoms with van der Waals surface area (Å²) < 4.78 is 1.48. The molecule has 3 heterocycles. The highest BCUT2D eigenvalue weighted by atomic mass is 32.1. The number of pyridine rings is 1. The molecule has 0 radical (unpaired) electrons. The molecule has 5 nitrogen and oxygen atoms in total. The van der Waals surface area contributed by atoms with Crippen LogP contribution < -0.4 is 5.56 Å².